The molecule has 0 heterocycles. The first-order valence-electron chi connectivity index (χ1n) is 9.78. The third kappa shape index (κ3) is 7.53. The Hall–Kier alpha value is -1.29. The van der Waals surface area contributed by atoms with Crippen LogP contribution in [0.4, 0.5) is 0 Å². The number of hydrogen-bond donors (Lipinski definition) is 1. The molecule has 2 nitrogen and oxygen atoms in total. The molecule has 2 aromatic carbocycles. The number of unbranched alkanes of at least 4 members (excludes halogenated alkanes) is 2. The van der Waals surface area contributed by atoms with Gasteiger partial charge in [0.15, 0.2) is 0 Å². The molecule has 0 aromatic heterocycles. The topological polar surface area (TPSA) is 23.5 Å². The summed E-state index contributed by atoms with van der Waals surface area (Å²) in [6, 6.07) is 21.2. The van der Waals surface area contributed by atoms with E-state index < -0.39 is 0 Å². The van der Waals surface area contributed by atoms with Crippen LogP contribution in [0.2, 0.25) is 0 Å². The van der Waals surface area contributed by atoms with Crippen LogP contribution in [-0.4, -0.2) is 33.7 Å². The summed E-state index contributed by atoms with van der Waals surface area (Å²) in [5, 5.41) is 10.7. The fourth-order valence-electron chi connectivity index (χ4n) is 3.02. The molecule has 0 aliphatic carbocycles. The molecule has 0 radical (unpaired) electrons. The number of thioether (sulfide) groups is 1. The van der Waals surface area contributed by atoms with Crippen LogP contribution < -0.4 is 0 Å². The Balaban J connectivity index is 1.96. The van der Waals surface area contributed by atoms with Crippen molar-refractivity contribution in [3.63, 3.8) is 0 Å². The Bertz CT molecular complexity index is 548. The Kier molecular flexibility index (Phi) is 9.83. The number of aliphatic hydroxyl groups excluding tert-OH is 1. The summed E-state index contributed by atoms with van der Waals surface area (Å²) in [5.74, 6) is 1.96. The average Bonchev–Trinajstić information content (AvgIpc) is 2.68. The van der Waals surface area contributed by atoms with Gasteiger partial charge in [0.2, 0.25) is 0 Å². The molecule has 0 amide bonds. The molecule has 2 atom stereocenters. The summed E-state index contributed by atoms with van der Waals surface area (Å²) in [7, 11) is 0. The summed E-state index contributed by atoms with van der Waals surface area (Å²) >= 11 is 1.88. The molecule has 3 heteroatoms. The van der Waals surface area contributed by atoms with Crippen LogP contribution in [0.3, 0.4) is 0 Å². The highest BCUT2D eigenvalue weighted by Crippen LogP contribution is 2.18. The minimum atomic E-state index is -0.311. The first-order valence-corrected chi connectivity index (χ1v) is 10.9. The number of hydrogen-bond acceptors (Lipinski definition) is 3. The van der Waals surface area contributed by atoms with Crippen molar-refractivity contribution in [3.8, 4) is 0 Å². The van der Waals surface area contributed by atoms with Crippen LogP contribution in [0.15, 0.2) is 60.7 Å². The van der Waals surface area contributed by atoms with E-state index >= 15 is 0 Å². The van der Waals surface area contributed by atoms with Crippen molar-refractivity contribution in [1.82, 2.24) is 4.90 Å². The van der Waals surface area contributed by atoms with Gasteiger partial charge in [-0.05, 0) is 30.2 Å². The highest BCUT2D eigenvalue weighted by molar-refractivity contribution is 7.99. The van der Waals surface area contributed by atoms with Gasteiger partial charge in [-0.1, -0.05) is 80.4 Å². The van der Waals surface area contributed by atoms with Crippen LogP contribution >= 0.6 is 11.8 Å². The quantitative estimate of drug-likeness (QED) is 0.508. The molecule has 2 aromatic rings. The first kappa shape index (κ1) is 21.0. The van der Waals surface area contributed by atoms with Gasteiger partial charge in [0, 0.05) is 24.9 Å². The molecule has 0 bridgehead atoms. The van der Waals surface area contributed by atoms with Gasteiger partial charge in [0.05, 0.1) is 6.10 Å². The smallest absolute Gasteiger partial charge is 0.0783 e. The fourth-order valence-corrected chi connectivity index (χ4v) is 4.12. The van der Waals surface area contributed by atoms with E-state index in [2.05, 4.69) is 79.4 Å². The van der Waals surface area contributed by atoms with Crippen molar-refractivity contribution >= 4 is 11.8 Å². The number of nitrogens with zero attached hydrogens (tertiary/aromatic N) is 1. The summed E-state index contributed by atoms with van der Waals surface area (Å²) in [4.78, 5) is 2.39. The van der Waals surface area contributed by atoms with Crippen LogP contribution in [-0.2, 0) is 13.1 Å². The lowest BCUT2D eigenvalue weighted by Gasteiger charge is -2.32. The van der Waals surface area contributed by atoms with E-state index in [0.29, 0.717) is 0 Å². The van der Waals surface area contributed by atoms with E-state index in [1.165, 1.54) is 30.4 Å². The van der Waals surface area contributed by atoms with Gasteiger partial charge < -0.3 is 5.11 Å². The third-order valence-electron chi connectivity index (χ3n) is 4.77. The molecule has 1 N–H and O–H groups in total. The Labute approximate surface area is 163 Å². The highest BCUT2D eigenvalue weighted by atomic mass is 32.2. The second kappa shape index (κ2) is 12.2. The molecule has 0 saturated heterocycles. The highest BCUT2D eigenvalue weighted by Gasteiger charge is 2.22. The zero-order chi connectivity index (χ0) is 18.6. The summed E-state index contributed by atoms with van der Waals surface area (Å²) < 4.78 is 0. The SMILES string of the molecule is CCCCCSC[C@H](O)[C@H](C)N(Cc1ccccc1)Cc1ccccc1. The minimum absolute atomic E-state index is 0.120. The van der Waals surface area contributed by atoms with Gasteiger partial charge >= 0.3 is 0 Å². The molecular weight excluding hydrogens is 338 g/mol. The Morgan fingerprint density at radius 2 is 1.42 bits per heavy atom. The van der Waals surface area contributed by atoms with Crippen molar-refractivity contribution in [2.45, 2.75) is 58.3 Å². The third-order valence-corrected chi connectivity index (χ3v) is 5.93. The van der Waals surface area contributed by atoms with E-state index in [9.17, 15) is 5.11 Å². The van der Waals surface area contributed by atoms with Gasteiger partial charge in [-0.15, -0.1) is 0 Å². The van der Waals surface area contributed by atoms with Gasteiger partial charge in [0.25, 0.3) is 0 Å². The predicted octanol–water partition coefficient (Wildman–Crippen LogP) is 5.36. The largest absolute Gasteiger partial charge is 0.391 e. The lowest BCUT2D eigenvalue weighted by molar-refractivity contribution is 0.0639. The molecule has 0 aliphatic heterocycles. The maximum absolute atomic E-state index is 10.7. The molecule has 0 saturated carbocycles. The zero-order valence-electron chi connectivity index (χ0n) is 16.2. The predicted molar refractivity (Wildman–Crippen MR) is 114 cm³/mol. The van der Waals surface area contributed by atoms with Gasteiger partial charge in [-0.2, -0.15) is 11.8 Å². The molecule has 26 heavy (non-hydrogen) atoms. The van der Waals surface area contributed by atoms with Gasteiger partial charge in [-0.3, -0.25) is 4.90 Å². The summed E-state index contributed by atoms with van der Waals surface area (Å²) in [6.45, 7) is 6.10. The minimum Gasteiger partial charge on any atom is -0.391 e. The van der Waals surface area contributed by atoms with Crippen molar-refractivity contribution in [2.24, 2.45) is 0 Å². The number of benzene rings is 2. The van der Waals surface area contributed by atoms with Crippen molar-refractivity contribution in [1.29, 1.82) is 0 Å². The second-order valence-electron chi connectivity index (χ2n) is 6.97. The van der Waals surface area contributed by atoms with Gasteiger partial charge in [0.1, 0.15) is 0 Å². The van der Waals surface area contributed by atoms with Crippen LogP contribution in [0, 0.1) is 0 Å². The van der Waals surface area contributed by atoms with E-state index in [-0.39, 0.29) is 12.1 Å². The molecule has 2 rings (SSSR count). The molecule has 0 aliphatic rings. The van der Waals surface area contributed by atoms with Crippen LogP contribution in [0.5, 0.6) is 0 Å². The number of rotatable bonds is 12. The maximum atomic E-state index is 10.7. The first-order chi connectivity index (χ1) is 12.7. The molecule has 0 spiro atoms. The zero-order valence-corrected chi connectivity index (χ0v) is 17.0. The lowest BCUT2D eigenvalue weighted by atomic mass is 10.1. The normalized spacial score (nSPS) is 13.7. The summed E-state index contributed by atoms with van der Waals surface area (Å²) in [6.07, 6.45) is 3.47. The van der Waals surface area contributed by atoms with Crippen molar-refractivity contribution < 1.29 is 5.11 Å². The van der Waals surface area contributed by atoms with E-state index in [1.54, 1.807) is 0 Å². The summed E-state index contributed by atoms with van der Waals surface area (Å²) in [5.41, 5.74) is 2.58. The van der Waals surface area contributed by atoms with Crippen molar-refractivity contribution in [3.05, 3.63) is 71.8 Å². The molecule has 0 unspecified atom stereocenters. The maximum Gasteiger partial charge on any atom is 0.0783 e. The second-order valence-corrected chi connectivity index (χ2v) is 8.12. The van der Waals surface area contributed by atoms with Gasteiger partial charge in [-0.25, -0.2) is 0 Å². The molecule has 0 fully saturated rings. The Morgan fingerprint density at radius 3 is 1.92 bits per heavy atom. The lowest BCUT2D eigenvalue weighted by Crippen LogP contribution is -2.42. The molecular formula is C23H33NOS. The average molecular weight is 372 g/mol. The monoisotopic (exact) mass is 371 g/mol. The van der Waals surface area contributed by atoms with Crippen molar-refractivity contribution in [2.75, 3.05) is 11.5 Å². The van der Waals surface area contributed by atoms with E-state index in [0.717, 1.165) is 24.6 Å². The fraction of sp³-hybridized carbons (Fsp3) is 0.478. The molecule has 142 valence electrons. The standard InChI is InChI=1S/C23H33NOS/c1-3-4-11-16-26-19-23(25)20(2)24(17-21-12-7-5-8-13-21)18-22-14-9-6-10-15-22/h5-10,12-15,20,23,25H,3-4,11,16-19H2,1-2H3/t20-,23-/m0/s1. The van der Waals surface area contributed by atoms with Crippen LogP contribution in [0.25, 0.3) is 0 Å². The van der Waals surface area contributed by atoms with Crippen LogP contribution in [0.1, 0.15) is 44.2 Å². The van der Waals surface area contributed by atoms with E-state index in [4.69, 9.17) is 0 Å². The Morgan fingerprint density at radius 1 is 0.885 bits per heavy atom. The van der Waals surface area contributed by atoms with E-state index in [1.807, 2.05) is 11.8 Å². The number of aliphatic hydroxyl groups is 1.